The van der Waals surface area contributed by atoms with Crippen LogP contribution in [-0.4, -0.2) is 41.0 Å². The number of nitrogens with zero attached hydrogens (tertiary/aromatic N) is 2. The van der Waals surface area contributed by atoms with E-state index >= 15 is 0 Å². The molecule has 3 rings (SSSR count). The summed E-state index contributed by atoms with van der Waals surface area (Å²) in [6, 6.07) is 8.74. The van der Waals surface area contributed by atoms with Gasteiger partial charge in [-0.25, -0.2) is 9.78 Å². The topological polar surface area (TPSA) is 111 Å². The SMILES string of the molecule is CC(=O)NCCCc1ccc(C(=O)COC(=O)c2cc(C)nc3onc(C)c23)cc1. The van der Waals surface area contributed by atoms with Crippen LogP contribution in [-0.2, 0) is 16.0 Å². The van der Waals surface area contributed by atoms with Crippen molar-refractivity contribution >= 4 is 28.8 Å². The third-order valence-corrected chi connectivity index (χ3v) is 4.59. The highest BCUT2D eigenvalue weighted by Gasteiger charge is 2.20. The third kappa shape index (κ3) is 5.08. The van der Waals surface area contributed by atoms with Crippen LogP contribution in [0.2, 0.25) is 0 Å². The average molecular weight is 409 g/mol. The highest BCUT2D eigenvalue weighted by Crippen LogP contribution is 2.22. The van der Waals surface area contributed by atoms with Gasteiger partial charge in [-0.15, -0.1) is 0 Å². The number of ketones is 1. The number of fused-ring (bicyclic) bond motifs is 1. The van der Waals surface area contributed by atoms with Crippen molar-refractivity contribution in [3.8, 4) is 0 Å². The zero-order valence-electron chi connectivity index (χ0n) is 17.2. The van der Waals surface area contributed by atoms with Gasteiger partial charge in [-0.05, 0) is 38.3 Å². The van der Waals surface area contributed by atoms with Crippen molar-refractivity contribution in [2.24, 2.45) is 0 Å². The first-order chi connectivity index (χ1) is 14.3. The Kier molecular flexibility index (Phi) is 6.56. The summed E-state index contributed by atoms with van der Waals surface area (Å²) in [6.07, 6.45) is 1.60. The van der Waals surface area contributed by atoms with Gasteiger partial charge in [-0.1, -0.05) is 29.4 Å². The number of carbonyl (C=O) groups excluding carboxylic acids is 3. The maximum Gasteiger partial charge on any atom is 0.339 e. The first kappa shape index (κ1) is 21.2. The van der Waals surface area contributed by atoms with Crippen LogP contribution in [0.4, 0.5) is 0 Å². The minimum atomic E-state index is -0.625. The molecule has 1 aromatic carbocycles. The van der Waals surface area contributed by atoms with E-state index in [-0.39, 0.29) is 29.6 Å². The van der Waals surface area contributed by atoms with Crippen LogP contribution in [0.3, 0.4) is 0 Å². The first-order valence-corrected chi connectivity index (χ1v) is 9.62. The van der Waals surface area contributed by atoms with Crippen molar-refractivity contribution in [1.29, 1.82) is 0 Å². The highest BCUT2D eigenvalue weighted by molar-refractivity contribution is 6.05. The number of carbonyl (C=O) groups is 3. The Morgan fingerprint density at radius 3 is 2.57 bits per heavy atom. The number of rotatable bonds is 8. The van der Waals surface area contributed by atoms with Crippen molar-refractivity contribution in [1.82, 2.24) is 15.5 Å². The van der Waals surface area contributed by atoms with Gasteiger partial charge in [0, 0.05) is 24.7 Å². The van der Waals surface area contributed by atoms with Crippen LogP contribution in [0.1, 0.15) is 51.0 Å². The number of hydrogen-bond donors (Lipinski definition) is 1. The predicted octanol–water partition coefficient (Wildman–Crippen LogP) is 2.95. The van der Waals surface area contributed by atoms with Gasteiger partial charge in [0.2, 0.25) is 5.91 Å². The fourth-order valence-corrected chi connectivity index (χ4v) is 3.09. The molecule has 30 heavy (non-hydrogen) atoms. The second kappa shape index (κ2) is 9.30. The molecule has 1 amide bonds. The highest BCUT2D eigenvalue weighted by atomic mass is 16.5. The Labute approximate surface area is 173 Å². The summed E-state index contributed by atoms with van der Waals surface area (Å²) in [4.78, 5) is 40.0. The molecular weight excluding hydrogens is 386 g/mol. The van der Waals surface area contributed by atoms with Crippen LogP contribution in [0.15, 0.2) is 34.9 Å². The second-order valence-corrected chi connectivity index (χ2v) is 7.04. The fourth-order valence-electron chi connectivity index (χ4n) is 3.09. The van der Waals surface area contributed by atoms with Gasteiger partial charge >= 0.3 is 5.97 Å². The molecule has 0 bridgehead atoms. The van der Waals surface area contributed by atoms with Crippen LogP contribution in [0, 0.1) is 13.8 Å². The van der Waals surface area contributed by atoms with Gasteiger partial charge in [0.25, 0.3) is 5.71 Å². The number of amides is 1. The molecular formula is C22H23N3O5. The van der Waals surface area contributed by atoms with E-state index in [1.54, 1.807) is 32.0 Å². The standard InChI is InChI=1S/C22H23N3O5/c1-13-11-18(20-14(2)25-30-21(20)24-13)22(28)29-12-19(27)17-8-6-16(7-9-17)5-4-10-23-15(3)26/h6-9,11H,4-5,10,12H2,1-3H3,(H,23,26). The number of aromatic nitrogens is 2. The molecule has 156 valence electrons. The van der Waals surface area contributed by atoms with Gasteiger partial charge in [0.15, 0.2) is 12.4 Å². The third-order valence-electron chi connectivity index (χ3n) is 4.59. The lowest BCUT2D eigenvalue weighted by atomic mass is 10.1. The zero-order valence-corrected chi connectivity index (χ0v) is 17.2. The molecule has 0 unspecified atom stereocenters. The van der Waals surface area contributed by atoms with E-state index in [9.17, 15) is 14.4 Å². The van der Waals surface area contributed by atoms with Crippen molar-refractivity contribution in [3.05, 3.63) is 58.4 Å². The summed E-state index contributed by atoms with van der Waals surface area (Å²) < 4.78 is 10.4. The molecule has 0 saturated heterocycles. The monoisotopic (exact) mass is 409 g/mol. The number of aryl methyl sites for hydroxylation is 3. The van der Waals surface area contributed by atoms with Crippen molar-refractivity contribution in [2.75, 3.05) is 13.2 Å². The predicted molar refractivity (Wildman–Crippen MR) is 109 cm³/mol. The van der Waals surface area contributed by atoms with E-state index < -0.39 is 5.97 Å². The maximum atomic E-state index is 12.5. The summed E-state index contributed by atoms with van der Waals surface area (Å²) in [5.74, 6) is -0.968. The summed E-state index contributed by atoms with van der Waals surface area (Å²) in [7, 11) is 0. The van der Waals surface area contributed by atoms with E-state index in [1.807, 2.05) is 12.1 Å². The zero-order chi connectivity index (χ0) is 21.7. The largest absolute Gasteiger partial charge is 0.454 e. The van der Waals surface area contributed by atoms with Gasteiger partial charge in [0.05, 0.1) is 16.6 Å². The number of nitrogens with one attached hydrogen (secondary N) is 1. The Hall–Kier alpha value is -3.55. The number of ether oxygens (including phenoxy) is 1. The van der Waals surface area contributed by atoms with Crippen molar-refractivity contribution < 1.29 is 23.6 Å². The van der Waals surface area contributed by atoms with E-state index in [2.05, 4.69) is 15.5 Å². The number of hydrogen-bond acceptors (Lipinski definition) is 7. The molecule has 0 fully saturated rings. The molecule has 1 N–H and O–H groups in total. The van der Waals surface area contributed by atoms with Gasteiger partial charge in [0.1, 0.15) is 0 Å². The lowest BCUT2D eigenvalue weighted by Crippen LogP contribution is -2.21. The number of benzene rings is 1. The van der Waals surface area contributed by atoms with E-state index in [0.717, 1.165) is 18.4 Å². The minimum absolute atomic E-state index is 0.0488. The van der Waals surface area contributed by atoms with Crippen LogP contribution < -0.4 is 5.32 Å². The second-order valence-electron chi connectivity index (χ2n) is 7.04. The Morgan fingerprint density at radius 1 is 1.13 bits per heavy atom. The van der Waals surface area contributed by atoms with Crippen LogP contribution in [0.5, 0.6) is 0 Å². The molecule has 8 nitrogen and oxygen atoms in total. The smallest absolute Gasteiger partial charge is 0.339 e. The van der Waals surface area contributed by atoms with E-state index in [0.29, 0.717) is 28.9 Å². The molecule has 0 saturated carbocycles. The van der Waals surface area contributed by atoms with Crippen LogP contribution >= 0.6 is 0 Å². The summed E-state index contributed by atoms with van der Waals surface area (Å²) >= 11 is 0. The summed E-state index contributed by atoms with van der Waals surface area (Å²) in [5, 5.41) is 7.07. The normalized spacial score (nSPS) is 10.8. The van der Waals surface area contributed by atoms with Gasteiger partial charge in [-0.2, -0.15) is 0 Å². The number of Topliss-reactive ketones (excluding diaryl/α,β-unsaturated/α-hetero) is 1. The van der Waals surface area contributed by atoms with Gasteiger partial charge in [-0.3, -0.25) is 9.59 Å². The summed E-state index contributed by atoms with van der Waals surface area (Å²) in [6.45, 7) is 5.17. The minimum Gasteiger partial charge on any atom is -0.454 e. The fraction of sp³-hybridized carbons (Fsp3) is 0.318. The van der Waals surface area contributed by atoms with Crippen LogP contribution in [0.25, 0.3) is 11.1 Å². The Balaban J connectivity index is 1.58. The Bertz CT molecular complexity index is 1090. The molecule has 0 spiro atoms. The average Bonchev–Trinajstić information content (AvgIpc) is 3.09. The molecule has 3 aromatic rings. The van der Waals surface area contributed by atoms with E-state index in [4.69, 9.17) is 9.26 Å². The first-order valence-electron chi connectivity index (χ1n) is 9.62. The number of esters is 1. The summed E-state index contributed by atoms with van der Waals surface area (Å²) in [5.41, 5.74) is 3.19. The molecule has 0 aliphatic carbocycles. The molecule has 2 heterocycles. The maximum absolute atomic E-state index is 12.5. The lowest BCUT2D eigenvalue weighted by molar-refractivity contribution is -0.118. The molecule has 8 heteroatoms. The van der Waals surface area contributed by atoms with Gasteiger partial charge < -0.3 is 14.6 Å². The molecule has 0 aliphatic heterocycles. The van der Waals surface area contributed by atoms with Crippen molar-refractivity contribution in [2.45, 2.75) is 33.6 Å². The van der Waals surface area contributed by atoms with E-state index in [1.165, 1.54) is 6.92 Å². The molecule has 2 aromatic heterocycles. The van der Waals surface area contributed by atoms with Crippen molar-refractivity contribution in [3.63, 3.8) is 0 Å². The molecule has 0 aliphatic rings. The molecule has 0 radical (unpaired) electrons. The lowest BCUT2D eigenvalue weighted by Gasteiger charge is -2.07. The quantitative estimate of drug-likeness (QED) is 0.346. The molecule has 0 atom stereocenters. The number of pyridine rings is 1. The Morgan fingerprint density at radius 2 is 1.87 bits per heavy atom.